The minimum Gasteiger partial charge on any atom is -0.435 e. The zero-order valence-corrected chi connectivity index (χ0v) is 16.7. The fraction of sp³-hybridized carbons (Fsp3) is 0.190. The van der Waals surface area contributed by atoms with Crippen molar-refractivity contribution in [3.63, 3.8) is 0 Å². The Labute approximate surface area is 175 Å². The quantitative estimate of drug-likeness (QED) is 0.485. The molecule has 2 aromatic carbocycles. The van der Waals surface area contributed by atoms with Gasteiger partial charge in [0.05, 0.1) is 16.6 Å². The third-order valence-corrected chi connectivity index (χ3v) is 4.67. The van der Waals surface area contributed by atoms with Crippen molar-refractivity contribution in [1.29, 1.82) is 0 Å². The Hall–Kier alpha value is -3.82. The van der Waals surface area contributed by atoms with E-state index in [0.29, 0.717) is 33.8 Å². The van der Waals surface area contributed by atoms with Crippen LogP contribution in [0.25, 0.3) is 28.0 Å². The first-order chi connectivity index (χ1) is 14.7. The van der Waals surface area contributed by atoms with Gasteiger partial charge in [-0.2, -0.15) is 18.7 Å². The number of benzene rings is 2. The smallest absolute Gasteiger partial charge is 0.387 e. The van der Waals surface area contributed by atoms with Crippen LogP contribution in [0.2, 0.25) is 0 Å². The Morgan fingerprint density at radius 3 is 2.32 bits per heavy atom. The van der Waals surface area contributed by atoms with Gasteiger partial charge in [0, 0.05) is 12.0 Å². The van der Waals surface area contributed by atoms with Crippen LogP contribution in [0.4, 0.5) is 24.9 Å². The van der Waals surface area contributed by atoms with E-state index < -0.39 is 12.4 Å². The average molecular weight is 428 g/mol. The van der Waals surface area contributed by atoms with Gasteiger partial charge in [0.25, 0.3) is 0 Å². The summed E-state index contributed by atoms with van der Waals surface area (Å²) >= 11 is 0. The van der Waals surface area contributed by atoms with Crippen molar-refractivity contribution in [3.8, 4) is 22.7 Å². The van der Waals surface area contributed by atoms with Gasteiger partial charge in [-0.3, -0.25) is 4.57 Å². The molecule has 2 heterocycles. The molecule has 4 N–H and O–H groups in total. The second-order valence-corrected chi connectivity index (χ2v) is 7.16. The number of nitrogens with zero attached hydrogens (tertiary/aromatic N) is 4. The molecule has 0 spiro atoms. The summed E-state index contributed by atoms with van der Waals surface area (Å²) in [4.78, 5) is 13.1. The molecule has 0 atom stereocenters. The van der Waals surface area contributed by atoms with E-state index in [1.165, 1.54) is 24.3 Å². The van der Waals surface area contributed by atoms with E-state index in [0.717, 1.165) is 0 Å². The summed E-state index contributed by atoms with van der Waals surface area (Å²) in [6, 6.07) is 10.1. The lowest BCUT2D eigenvalue weighted by atomic mass is 10.1. The molecule has 0 aliphatic heterocycles. The highest BCUT2D eigenvalue weighted by atomic mass is 19.3. The summed E-state index contributed by atoms with van der Waals surface area (Å²) < 4.78 is 45.1. The largest absolute Gasteiger partial charge is 0.435 e. The first kappa shape index (κ1) is 20.5. The van der Waals surface area contributed by atoms with E-state index in [4.69, 9.17) is 11.5 Å². The normalized spacial score (nSPS) is 11.6. The number of alkyl halides is 2. The van der Waals surface area contributed by atoms with Crippen molar-refractivity contribution >= 4 is 22.8 Å². The van der Waals surface area contributed by atoms with Gasteiger partial charge in [-0.25, -0.2) is 9.37 Å². The molecule has 4 aromatic rings. The Morgan fingerprint density at radius 2 is 1.68 bits per heavy atom. The van der Waals surface area contributed by atoms with Crippen molar-refractivity contribution in [2.75, 3.05) is 11.5 Å². The van der Waals surface area contributed by atoms with Crippen LogP contribution in [-0.2, 0) is 0 Å². The number of hydrogen-bond donors (Lipinski definition) is 2. The molecule has 0 aliphatic carbocycles. The number of fused-ring (bicyclic) bond motifs is 1. The first-order valence-corrected chi connectivity index (χ1v) is 9.41. The first-order valence-electron chi connectivity index (χ1n) is 9.41. The number of ether oxygens (including phenoxy) is 1. The minimum atomic E-state index is -2.94. The molecule has 2 aromatic heterocycles. The minimum absolute atomic E-state index is 0.00624. The summed E-state index contributed by atoms with van der Waals surface area (Å²) in [5.41, 5.74) is 14.1. The standard InChI is InChI=1S/C21H19F3N6O/c1-10(2)18-27-14-8-5-12(22)9-15(14)30(18)19-16(17(25)28-21(26)29-19)11-3-6-13(7-4-11)31-20(23)24/h3-10,20H,1-2H3,(H4,25,26,28,29). The van der Waals surface area contributed by atoms with Crippen LogP contribution in [0.3, 0.4) is 0 Å². The van der Waals surface area contributed by atoms with Gasteiger partial charge in [0.2, 0.25) is 5.95 Å². The summed E-state index contributed by atoms with van der Waals surface area (Å²) in [5, 5.41) is 0. The van der Waals surface area contributed by atoms with Gasteiger partial charge in [0.1, 0.15) is 23.2 Å². The lowest BCUT2D eigenvalue weighted by Crippen LogP contribution is -2.12. The fourth-order valence-electron chi connectivity index (χ4n) is 3.40. The predicted molar refractivity (Wildman–Crippen MR) is 112 cm³/mol. The molecule has 0 amide bonds. The number of nitrogens with two attached hydrogens (primary N) is 2. The summed E-state index contributed by atoms with van der Waals surface area (Å²) in [6.07, 6.45) is 0. The van der Waals surface area contributed by atoms with Gasteiger partial charge < -0.3 is 16.2 Å². The van der Waals surface area contributed by atoms with Crippen LogP contribution in [0.15, 0.2) is 42.5 Å². The highest BCUT2D eigenvalue weighted by Crippen LogP contribution is 2.36. The zero-order chi connectivity index (χ0) is 22.3. The van der Waals surface area contributed by atoms with E-state index in [1.54, 1.807) is 22.8 Å². The number of halogens is 3. The van der Waals surface area contributed by atoms with Crippen LogP contribution < -0.4 is 16.2 Å². The van der Waals surface area contributed by atoms with Crippen LogP contribution in [0.5, 0.6) is 5.75 Å². The number of hydrogen-bond acceptors (Lipinski definition) is 6. The number of imidazole rings is 1. The molecule has 160 valence electrons. The molecule has 0 saturated carbocycles. The van der Waals surface area contributed by atoms with Crippen LogP contribution >= 0.6 is 0 Å². The zero-order valence-electron chi connectivity index (χ0n) is 16.7. The van der Waals surface area contributed by atoms with Crippen molar-refractivity contribution in [1.82, 2.24) is 19.5 Å². The molecule has 7 nitrogen and oxygen atoms in total. The number of rotatable bonds is 5. The van der Waals surface area contributed by atoms with Crippen molar-refractivity contribution < 1.29 is 17.9 Å². The highest BCUT2D eigenvalue weighted by Gasteiger charge is 2.23. The molecule has 0 saturated heterocycles. The fourth-order valence-corrected chi connectivity index (χ4v) is 3.40. The SMILES string of the molecule is CC(C)c1nc2ccc(F)cc2n1-c1nc(N)nc(N)c1-c1ccc(OC(F)F)cc1. The molecule has 0 unspecified atom stereocenters. The molecule has 0 fully saturated rings. The highest BCUT2D eigenvalue weighted by molar-refractivity contribution is 5.85. The van der Waals surface area contributed by atoms with Gasteiger partial charge in [0.15, 0.2) is 5.82 Å². The molecule has 0 bridgehead atoms. The molecule has 4 rings (SSSR count). The Bertz CT molecular complexity index is 1250. The lowest BCUT2D eigenvalue weighted by molar-refractivity contribution is -0.0498. The van der Waals surface area contributed by atoms with Crippen LogP contribution in [0, 0.1) is 5.82 Å². The molecule has 0 aliphatic rings. The molecular weight excluding hydrogens is 409 g/mol. The second-order valence-electron chi connectivity index (χ2n) is 7.16. The van der Waals surface area contributed by atoms with Crippen molar-refractivity contribution in [2.45, 2.75) is 26.4 Å². The van der Waals surface area contributed by atoms with E-state index >= 15 is 0 Å². The molecule has 10 heteroatoms. The predicted octanol–water partition coefficient (Wildman–Crippen LogP) is 4.51. The van der Waals surface area contributed by atoms with Crippen molar-refractivity contribution in [3.05, 3.63) is 54.1 Å². The summed E-state index contributed by atoms with van der Waals surface area (Å²) in [6.45, 7) is 0.947. The van der Waals surface area contributed by atoms with Crippen LogP contribution in [-0.4, -0.2) is 26.1 Å². The number of anilines is 2. The monoisotopic (exact) mass is 428 g/mol. The number of nitrogen functional groups attached to an aromatic ring is 2. The molecule has 0 radical (unpaired) electrons. The second kappa shape index (κ2) is 7.78. The third-order valence-electron chi connectivity index (χ3n) is 4.67. The maximum atomic E-state index is 14.1. The van der Waals surface area contributed by atoms with E-state index in [9.17, 15) is 13.2 Å². The maximum absolute atomic E-state index is 14.1. The van der Waals surface area contributed by atoms with E-state index in [-0.39, 0.29) is 23.4 Å². The van der Waals surface area contributed by atoms with Gasteiger partial charge in [-0.15, -0.1) is 0 Å². The summed E-state index contributed by atoms with van der Waals surface area (Å²) in [5.74, 6) is 0.464. The van der Waals surface area contributed by atoms with Crippen molar-refractivity contribution in [2.24, 2.45) is 0 Å². The maximum Gasteiger partial charge on any atom is 0.387 e. The van der Waals surface area contributed by atoms with Gasteiger partial charge in [-0.05, 0) is 29.8 Å². The molecular formula is C21H19F3N6O. The summed E-state index contributed by atoms with van der Waals surface area (Å²) in [7, 11) is 0. The average Bonchev–Trinajstić information content (AvgIpc) is 3.06. The van der Waals surface area contributed by atoms with Gasteiger partial charge in [-0.1, -0.05) is 26.0 Å². The topological polar surface area (TPSA) is 105 Å². The van der Waals surface area contributed by atoms with E-state index in [1.807, 2.05) is 13.8 Å². The molecule has 31 heavy (non-hydrogen) atoms. The van der Waals surface area contributed by atoms with E-state index in [2.05, 4.69) is 19.7 Å². The Balaban J connectivity index is 1.99. The van der Waals surface area contributed by atoms with Gasteiger partial charge >= 0.3 is 6.61 Å². The Morgan fingerprint density at radius 1 is 0.968 bits per heavy atom. The lowest BCUT2D eigenvalue weighted by Gasteiger charge is -2.17. The third kappa shape index (κ3) is 3.83. The number of aromatic nitrogens is 4. The van der Waals surface area contributed by atoms with Crippen LogP contribution in [0.1, 0.15) is 25.6 Å². The Kier molecular flexibility index (Phi) is 5.14.